The number of amides is 2. The molecule has 0 radical (unpaired) electrons. The molecular formula is C18H24N4O. The Morgan fingerprint density at radius 3 is 2.48 bits per heavy atom. The molecule has 2 amide bonds. The number of pyridine rings is 1. The SMILES string of the molecule is CCN(Cc1ccccn1)C(=O)Nc1ccccc1N(C)CC. The van der Waals surface area contributed by atoms with Gasteiger partial charge in [-0.2, -0.15) is 0 Å². The van der Waals surface area contributed by atoms with E-state index in [1.54, 1.807) is 11.1 Å². The number of para-hydroxylation sites is 2. The maximum Gasteiger partial charge on any atom is 0.322 e. The molecule has 1 aromatic heterocycles. The average molecular weight is 312 g/mol. The third-order valence-electron chi connectivity index (χ3n) is 3.78. The number of nitrogens with zero attached hydrogens (tertiary/aromatic N) is 3. The van der Waals surface area contributed by atoms with Gasteiger partial charge in [0.25, 0.3) is 0 Å². The summed E-state index contributed by atoms with van der Waals surface area (Å²) in [6, 6.07) is 13.4. The van der Waals surface area contributed by atoms with Crippen LogP contribution < -0.4 is 10.2 Å². The van der Waals surface area contributed by atoms with Gasteiger partial charge in [0.15, 0.2) is 0 Å². The summed E-state index contributed by atoms with van der Waals surface area (Å²) in [6.07, 6.45) is 1.74. The van der Waals surface area contributed by atoms with Crippen LogP contribution in [-0.2, 0) is 6.54 Å². The maximum atomic E-state index is 12.6. The minimum atomic E-state index is -0.116. The molecule has 5 heteroatoms. The highest BCUT2D eigenvalue weighted by atomic mass is 16.2. The highest BCUT2D eigenvalue weighted by Gasteiger charge is 2.15. The topological polar surface area (TPSA) is 48.5 Å². The summed E-state index contributed by atoms with van der Waals surface area (Å²) in [5.74, 6) is 0. The molecule has 0 atom stereocenters. The number of hydrogen-bond donors (Lipinski definition) is 1. The summed E-state index contributed by atoms with van der Waals surface area (Å²) in [5, 5.41) is 3.01. The average Bonchev–Trinajstić information content (AvgIpc) is 2.60. The molecule has 2 aromatic rings. The number of anilines is 2. The van der Waals surface area contributed by atoms with Crippen LogP contribution in [0, 0.1) is 0 Å². The van der Waals surface area contributed by atoms with E-state index in [1.165, 1.54) is 0 Å². The van der Waals surface area contributed by atoms with Gasteiger partial charge in [-0.25, -0.2) is 4.79 Å². The molecule has 5 nitrogen and oxygen atoms in total. The number of hydrogen-bond acceptors (Lipinski definition) is 3. The van der Waals surface area contributed by atoms with Crippen molar-refractivity contribution in [2.75, 3.05) is 30.4 Å². The fraction of sp³-hybridized carbons (Fsp3) is 0.333. The second-order valence-corrected chi connectivity index (χ2v) is 5.30. The van der Waals surface area contributed by atoms with Crippen LogP contribution >= 0.6 is 0 Å². The number of rotatable bonds is 6. The van der Waals surface area contributed by atoms with Crippen molar-refractivity contribution >= 4 is 17.4 Å². The molecule has 0 aliphatic carbocycles. The largest absolute Gasteiger partial charge is 0.373 e. The number of carbonyl (C=O) groups is 1. The fourth-order valence-corrected chi connectivity index (χ4v) is 2.29. The monoisotopic (exact) mass is 312 g/mol. The molecular weight excluding hydrogens is 288 g/mol. The second-order valence-electron chi connectivity index (χ2n) is 5.30. The Labute approximate surface area is 137 Å². The third-order valence-corrected chi connectivity index (χ3v) is 3.78. The van der Waals surface area contributed by atoms with Gasteiger partial charge in [0.2, 0.25) is 0 Å². The van der Waals surface area contributed by atoms with Crippen molar-refractivity contribution < 1.29 is 4.79 Å². The van der Waals surface area contributed by atoms with Crippen LogP contribution in [0.4, 0.5) is 16.2 Å². The van der Waals surface area contributed by atoms with Crippen molar-refractivity contribution in [2.45, 2.75) is 20.4 Å². The zero-order chi connectivity index (χ0) is 16.7. The Morgan fingerprint density at radius 2 is 1.83 bits per heavy atom. The van der Waals surface area contributed by atoms with Gasteiger partial charge in [0.05, 0.1) is 23.6 Å². The Bertz CT molecular complexity index is 630. The summed E-state index contributed by atoms with van der Waals surface area (Å²) in [5.41, 5.74) is 2.71. The molecule has 2 rings (SSSR count). The Kier molecular flexibility index (Phi) is 5.97. The van der Waals surface area contributed by atoms with Gasteiger partial charge in [-0.3, -0.25) is 4.98 Å². The van der Waals surface area contributed by atoms with Gasteiger partial charge in [-0.1, -0.05) is 18.2 Å². The first-order valence-electron chi connectivity index (χ1n) is 7.91. The number of aromatic nitrogens is 1. The van der Waals surface area contributed by atoms with E-state index >= 15 is 0 Å². The lowest BCUT2D eigenvalue weighted by atomic mass is 10.2. The standard InChI is InChI=1S/C18H24N4O/c1-4-21(3)17-12-7-6-11-16(17)20-18(23)22(5-2)14-15-10-8-9-13-19-15/h6-13H,4-5,14H2,1-3H3,(H,20,23). The molecule has 0 fully saturated rings. The zero-order valence-electron chi connectivity index (χ0n) is 14.0. The second kappa shape index (κ2) is 8.17. The van der Waals surface area contributed by atoms with Gasteiger partial charge in [-0.15, -0.1) is 0 Å². The summed E-state index contributed by atoms with van der Waals surface area (Å²) in [7, 11) is 2.01. The predicted octanol–water partition coefficient (Wildman–Crippen LogP) is 3.59. The Morgan fingerprint density at radius 1 is 1.09 bits per heavy atom. The quantitative estimate of drug-likeness (QED) is 0.886. The van der Waals surface area contributed by atoms with Gasteiger partial charge < -0.3 is 15.1 Å². The normalized spacial score (nSPS) is 10.2. The molecule has 0 spiro atoms. The van der Waals surface area contributed by atoms with Crippen LogP contribution in [0.1, 0.15) is 19.5 Å². The molecule has 0 saturated carbocycles. The minimum Gasteiger partial charge on any atom is -0.373 e. The lowest BCUT2D eigenvalue weighted by molar-refractivity contribution is 0.211. The van der Waals surface area contributed by atoms with E-state index in [0.29, 0.717) is 13.1 Å². The van der Waals surface area contributed by atoms with Crippen molar-refractivity contribution in [1.82, 2.24) is 9.88 Å². The minimum absolute atomic E-state index is 0.116. The molecule has 1 heterocycles. The van der Waals surface area contributed by atoms with Crippen molar-refractivity contribution in [1.29, 1.82) is 0 Å². The van der Waals surface area contributed by atoms with Crippen LogP contribution in [0.2, 0.25) is 0 Å². The molecule has 122 valence electrons. The summed E-state index contributed by atoms with van der Waals surface area (Å²) in [6.45, 7) is 6.03. The molecule has 1 aromatic carbocycles. The first-order valence-corrected chi connectivity index (χ1v) is 7.91. The lowest BCUT2D eigenvalue weighted by Gasteiger charge is -2.24. The van der Waals surface area contributed by atoms with E-state index in [-0.39, 0.29) is 6.03 Å². The Hall–Kier alpha value is -2.56. The van der Waals surface area contributed by atoms with Crippen molar-refractivity contribution in [3.05, 3.63) is 54.4 Å². The van der Waals surface area contributed by atoms with Crippen LogP contribution in [0.25, 0.3) is 0 Å². The molecule has 1 N–H and O–H groups in total. The first kappa shape index (κ1) is 16.8. The number of urea groups is 1. The van der Waals surface area contributed by atoms with Crippen LogP contribution in [0.3, 0.4) is 0 Å². The number of nitrogens with one attached hydrogen (secondary N) is 1. The van der Waals surface area contributed by atoms with Crippen LogP contribution in [-0.4, -0.2) is 36.1 Å². The van der Waals surface area contributed by atoms with E-state index in [1.807, 2.05) is 56.4 Å². The predicted molar refractivity (Wildman–Crippen MR) is 94.7 cm³/mol. The molecule has 23 heavy (non-hydrogen) atoms. The molecule has 0 unspecified atom stereocenters. The highest BCUT2D eigenvalue weighted by molar-refractivity contribution is 5.93. The smallest absolute Gasteiger partial charge is 0.322 e. The first-order chi connectivity index (χ1) is 11.2. The van der Waals surface area contributed by atoms with Gasteiger partial charge in [0, 0.05) is 26.3 Å². The Balaban J connectivity index is 2.11. The van der Waals surface area contributed by atoms with Crippen molar-refractivity contribution in [2.24, 2.45) is 0 Å². The summed E-state index contributed by atoms with van der Waals surface area (Å²) >= 11 is 0. The van der Waals surface area contributed by atoms with E-state index in [2.05, 4.69) is 22.1 Å². The molecule has 0 aliphatic heterocycles. The van der Waals surface area contributed by atoms with E-state index in [0.717, 1.165) is 23.6 Å². The van der Waals surface area contributed by atoms with Gasteiger partial charge >= 0.3 is 6.03 Å². The number of benzene rings is 1. The van der Waals surface area contributed by atoms with Crippen LogP contribution in [0.15, 0.2) is 48.7 Å². The lowest BCUT2D eigenvalue weighted by Crippen LogP contribution is -2.35. The number of carbonyl (C=O) groups excluding carboxylic acids is 1. The van der Waals surface area contributed by atoms with E-state index < -0.39 is 0 Å². The van der Waals surface area contributed by atoms with Crippen molar-refractivity contribution in [3.63, 3.8) is 0 Å². The summed E-state index contributed by atoms with van der Waals surface area (Å²) in [4.78, 5) is 20.7. The van der Waals surface area contributed by atoms with Gasteiger partial charge in [0.1, 0.15) is 0 Å². The van der Waals surface area contributed by atoms with E-state index in [4.69, 9.17) is 0 Å². The van der Waals surface area contributed by atoms with Crippen molar-refractivity contribution in [3.8, 4) is 0 Å². The van der Waals surface area contributed by atoms with Gasteiger partial charge in [-0.05, 0) is 38.1 Å². The highest BCUT2D eigenvalue weighted by Crippen LogP contribution is 2.24. The maximum absolute atomic E-state index is 12.6. The van der Waals surface area contributed by atoms with Crippen LogP contribution in [0.5, 0.6) is 0 Å². The molecule has 0 aliphatic rings. The summed E-state index contributed by atoms with van der Waals surface area (Å²) < 4.78 is 0. The fourth-order valence-electron chi connectivity index (χ4n) is 2.29. The molecule has 0 saturated heterocycles. The zero-order valence-corrected chi connectivity index (χ0v) is 14.0. The van der Waals surface area contributed by atoms with E-state index in [9.17, 15) is 4.79 Å². The molecule has 0 bridgehead atoms. The third kappa shape index (κ3) is 4.45.